The minimum Gasteiger partial charge on any atom is -0.346 e. The highest BCUT2D eigenvalue weighted by atomic mass is 35.5. The molecule has 1 saturated heterocycles. The molecule has 0 N–H and O–H groups in total. The lowest BCUT2D eigenvalue weighted by molar-refractivity contribution is -0.132. The zero-order valence-electron chi connectivity index (χ0n) is 13.4. The van der Waals surface area contributed by atoms with E-state index < -0.39 is 0 Å². The first-order valence-electron chi connectivity index (χ1n) is 8.41. The molecule has 1 amide bonds. The average Bonchev–Trinajstić information content (AvgIpc) is 3.28. The molecule has 1 aliphatic carbocycles. The van der Waals surface area contributed by atoms with E-state index in [0.717, 1.165) is 49.2 Å². The number of aromatic nitrogens is 1. The molecule has 4 rings (SSSR count). The van der Waals surface area contributed by atoms with Crippen molar-refractivity contribution in [1.82, 2.24) is 9.88 Å². The molecule has 2 aromatic rings. The third-order valence-corrected chi connectivity index (χ3v) is 5.95. The van der Waals surface area contributed by atoms with E-state index in [1.165, 1.54) is 5.56 Å². The monoisotopic (exact) mass is 361 g/mol. The summed E-state index contributed by atoms with van der Waals surface area (Å²) in [5.74, 6) is 0.783. The smallest absolute Gasteiger partial charge is 0.226 e. The molecule has 0 bridgehead atoms. The van der Waals surface area contributed by atoms with Gasteiger partial charge in [-0.05, 0) is 36.5 Å². The quantitative estimate of drug-likeness (QED) is 0.837. The van der Waals surface area contributed by atoms with Gasteiger partial charge in [0.15, 0.2) is 5.13 Å². The Balaban J connectivity index is 1.37. The van der Waals surface area contributed by atoms with Crippen LogP contribution in [0.1, 0.15) is 24.3 Å². The largest absolute Gasteiger partial charge is 0.346 e. The van der Waals surface area contributed by atoms with Crippen LogP contribution in [0, 0.1) is 5.92 Å². The van der Waals surface area contributed by atoms with Crippen molar-refractivity contribution in [3.8, 4) is 0 Å². The summed E-state index contributed by atoms with van der Waals surface area (Å²) in [7, 11) is 0. The summed E-state index contributed by atoms with van der Waals surface area (Å²) in [6.45, 7) is 3.48. The van der Waals surface area contributed by atoms with Gasteiger partial charge >= 0.3 is 0 Å². The van der Waals surface area contributed by atoms with Crippen LogP contribution in [0.3, 0.4) is 0 Å². The molecule has 1 aromatic heterocycles. The van der Waals surface area contributed by atoms with E-state index in [0.29, 0.717) is 11.8 Å². The minimum absolute atomic E-state index is 0.134. The van der Waals surface area contributed by atoms with Crippen LogP contribution in [0.2, 0.25) is 5.02 Å². The number of amides is 1. The Morgan fingerprint density at radius 1 is 1.25 bits per heavy atom. The van der Waals surface area contributed by atoms with Gasteiger partial charge in [0.05, 0.1) is 0 Å². The summed E-state index contributed by atoms with van der Waals surface area (Å²) in [6, 6.07) is 7.92. The number of rotatable bonds is 3. The number of anilines is 1. The topological polar surface area (TPSA) is 36.4 Å². The number of halogens is 1. The Bertz CT molecular complexity index is 721. The summed E-state index contributed by atoms with van der Waals surface area (Å²) < 4.78 is 0. The van der Waals surface area contributed by atoms with Crippen molar-refractivity contribution >= 4 is 34.0 Å². The van der Waals surface area contributed by atoms with Gasteiger partial charge in [0, 0.05) is 48.7 Å². The molecule has 0 radical (unpaired) electrons. The molecule has 2 heterocycles. The van der Waals surface area contributed by atoms with Gasteiger partial charge in [-0.15, -0.1) is 11.3 Å². The average molecular weight is 362 g/mol. The molecule has 126 valence electrons. The molecule has 1 saturated carbocycles. The van der Waals surface area contributed by atoms with Crippen molar-refractivity contribution in [2.75, 3.05) is 31.1 Å². The Labute approximate surface area is 151 Å². The van der Waals surface area contributed by atoms with E-state index in [2.05, 4.69) is 16.0 Å². The maximum atomic E-state index is 12.8. The van der Waals surface area contributed by atoms with E-state index in [1.807, 2.05) is 34.7 Å². The van der Waals surface area contributed by atoms with Crippen LogP contribution >= 0.6 is 22.9 Å². The van der Waals surface area contributed by atoms with Gasteiger partial charge < -0.3 is 9.80 Å². The second-order valence-electron chi connectivity index (χ2n) is 6.48. The van der Waals surface area contributed by atoms with Gasteiger partial charge in [0.1, 0.15) is 0 Å². The third kappa shape index (κ3) is 3.28. The molecule has 0 spiro atoms. The molecule has 4 nitrogen and oxygen atoms in total. The SMILES string of the molecule is O=C([C@H]1C[C@H]1c1cccc(Cl)c1)N1CCCN(c2nccs2)CC1. The Kier molecular flexibility index (Phi) is 4.46. The Morgan fingerprint density at radius 3 is 2.96 bits per heavy atom. The highest BCUT2D eigenvalue weighted by Crippen LogP contribution is 2.48. The third-order valence-electron chi connectivity index (χ3n) is 4.88. The fourth-order valence-electron chi connectivity index (χ4n) is 3.51. The number of benzene rings is 1. The van der Waals surface area contributed by atoms with E-state index in [1.54, 1.807) is 11.3 Å². The lowest BCUT2D eigenvalue weighted by atomic mass is 10.1. The Hall–Kier alpha value is -1.59. The van der Waals surface area contributed by atoms with Crippen molar-refractivity contribution in [2.24, 2.45) is 5.92 Å². The van der Waals surface area contributed by atoms with Gasteiger partial charge in [0.2, 0.25) is 5.91 Å². The first-order chi connectivity index (χ1) is 11.7. The summed E-state index contributed by atoms with van der Waals surface area (Å²) in [5, 5.41) is 3.81. The van der Waals surface area contributed by atoms with Crippen LogP contribution in [0.25, 0.3) is 0 Å². The maximum absolute atomic E-state index is 12.8. The number of carbonyl (C=O) groups excluding carboxylic acids is 1. The van der Waals surface area contributed by atoms with Gasteiger partial charge in [-0.1, -0.05) is 23.7 Å². The normalized spacial score (nSPS) is 23.9. The van der Waals surface area contributed by atoms with Gasteiger partial charge in [-0.2, -0.15) is 0 Å². The van der Waals surface area contributed by atoms with E-state index in [9.17, 15) is 4.79 Å². The summed E-state index contributed by atoms with van der Waals surface area (Å²) in [6.07, 6.45) is 3.79. The van der Waals surface area contributed by atoms with E-state index in [-0.39, 0.29) is 5.92 Å². The molecule has 1 aromatic carbocycles. The number of thiazole rings is 1. The molecular formula is C18H20ClN3OS. The molecular weight excluding hydrogens is 342 g/mol. The predicted molar refractivity (Wildman–Crippen MR) is 97.8 cm³/mol. The number of carbonyl (C=O) groups is 1. The molecule has 24 heavy (non-hydrogen) atoms. The molecule has 1 aliphatic heterocycles. The lowest BCUT2D eigenvalue weighted by Crippen LogP contribution is -2.36. The number of hydrogen-bond acceptors (Lipinski definition) is 4. The molecule has 0 unspecified atom stereocenters. The van der Waals surface area contributed by atoms with E-state index in [4.69, 9.17) is 11.6 Å². The summed E-state index contributed by atoms with van der Waals surface area (Å²) in [4.78, 5) is 21.6. The van der Waals surface area contributed by atoms with Crippen LogP contribution in [0.15, 0.2) is 35.8 Å². The van der Waals surface area contributed by atoms with Crippen molar-refractivity contribution in [3.63, 3.8) is 0 Å². The van der Waals surface area contributed by atoms with E-state index >= 15 is 0 Å². The van der Waals surface area contributed by atoms with Crippen LogP contribution in [-0.2, 0) is 4.79 Å². The lowest BCUT2D eigenvalue weighted by Gasteiger charge is -2.22. The number of hydrogen-bond donors (Lipinski definition) is 0. The van der Waals surface area contributed by atoms with Crippen molar-refractivity contribution in [1.29, 1.82) is 0 Å². The van der Waals surface area contributed by atoms with Crippen molar-refractivity contribution in [3.05, 3.63) is 46.4 Å². The van der Waals surface area contributed by atoms with Crippen LogP contribution < -0.4 is 4.90 Å². The zero-order valence-corrected chi connectivity index (χ0v) is 15.0. The molecule has 2 atom stereocenters. The van der Waals surface area contributed by atoms with Gasteiger partial charge in [0.25, 0.3) is 0 Å². The minimum atomic E-state index is 0.134. The van der Waals surface area contributed by atoms with Gasteiger partial charge in [-0.25, -0.2) is 4.98 Å². The fourth-order valence-corrected chi connectivity index (χ4v) is 4.40. The Morgan fingerprint density at radius 2 is 2.17 bits per heavy atom. The standard InChI is InChI=1S/C18H20ClN3OS/c19-14-4-1-3-13(11-14)15-12-16(15)17(23)21-6-2-7-22(9-8-21)18-20-5-10-24-18/h1,3-5,10-11,15-16H,2,6-9,12H2/t15-,16-/m0/s1. The first-order valence-corrected chi connectivity index (χ1v) is 9.67. The molecule has 2 fully saturated rings. The zero-order chi connectivity index (χ0) is 16.5. The predicted octanol–water partition coefficient (Wildman–Crippen LogP) is 3.64. The first kappa shape index (κ1) is 15.9. The van der Waals surface area contributed by atoms with Crippen molar-refractivity contribution < 1.29 is 4.79 Å². The van der Waals surface area contributed by atoms with Crippen molar-refractivity contribution in [2.45, 2.75) is 18.8 Å². The fraction of sp³-hybridized carbons (Fsp3) is 0.444. The van der Waals surface area contributed by atoms with Crippen LogP contribution in [-0.4, -0.2) is 42.0 Å². The molecule has 6 heteroatoms. The van der Waals surface area contributed by atoms with Gasteiger partial charge in [-0.3, -0.25) is 4.79 Å². The highest BCUT2D eigenvalue weighted by molar-refractivity contribution is 7.13. The number of nitrogens with zero attached hydrogens (tertiary/aromatic N) is 3. The molecule has 2 aliphatic rings. The maximum Gasteiger partial charge on any atom is 0.226 e. The summed E-state index contributed by atoms with van der Waals surface area (Å²) >= 11 is 7.74. The van der Waals surface area contributed by atoms with Crippen LogP contribution in [0.4, 0.5) is 5.13 Å². The second-order valence-corrected chi connectivity index (χ2v) is 7.79. The van der Waals surface area contributed by atoms with Crippen LogP contribution in [0.5, 0.6) is 0 Å². The second kappa shape index (κ2) is 6.73. The highest BCUT2D eigenvalue weighted by Gasteiger charge is 2.45. The summed E-state index contributed by atoms with van der Waals surface area (Å²) in [5.41, 5.74) is 1.19.